The van der Waals surface area contributed by atoms with Gasteiger partial charge in [-0.2, -0.15) is 14.9 Å². The zero-order valence-electron chi connectivity index (χ0n) is 11.5. The second kappa shape index (κ2) is 6.27. The van der Waals surface area contributed by atoms with E-state index in [-0.39, 0.29) is 17.1 Å². The molecule has 3 rings (SSSR count). The largest absolute Gasteiger partial charge is 0.483 e. The molecule has 2 heterocycles. The molecule has 0 spiro atoms. The molecule has 1 aromatic carbocycles. The number of allylic oxidation sites excluding steroid dienone is 2. The maximum Gasteiger partial charge on any atom is 0.240 e. The first-order valence-corrected chi connectivity index (χ1v) is 7.22. The van der Waals surface area contributed by atoms with Gasteiger partial charge >= 0.3 is 0 Å². The molecule has 9 heteroatoms. The number of hydrogen-bond acceptors (Lipinski definition) is 6. The van der Waals surface area contributed by atoms with Crippen LogP contribution in [-0.2, 0) is 14.3 Å². The maximum atomic E-state index is 11.3. The van der Waals surface area contributed by atoms with Crippen LogP contribution in [0.3, 0.4) is 0 Å². The van der Waals surface area contributed by atoms with E-state index in [9.17, 15) is 9.59 Å². The minimum absolute atomic E-state index is 0.180. The van der Waals surface area contributed by atoms with Crippen molar-refractivity contribution in [2.24, 2.45) is 5.10 Å². The zero-order valence-corrected chi connectivity index (χ0v) is 13.1. The highest BCUT2D eigenvalue weighted by Gasteiger charge is 2.19. The van der Waals surface area contributed by atoms with Gasteiger partial charge in [0, 0.05) is 16.7 Å². The van der Waals surface area contributed by atoms with Gasteiger partial charge in [-0.05, 0) is 36.5 Å². The van der Waals surface area contributed by atoms with Crippen LogP contribution in [-0.4, -0.2) is 39.3 Å². The van der Waals surface area contributed by atoms with Gasteiger partial charge in [0.1, 0.15) is 5.76 Å². The number of H-pyrrole nitrogens is 1. The lowest BCUT2D eigenvalue weighted by Crippen LogP contribution is -2.23. The Hall–Kier alpha value is -2.58. The molecular weight excluding hydrogens is 340 g/mol. The standard InChI is InChI=1S/C14H9ClN4O3S/c15-9-3-1-8(2-4-9)13-17-18-14(23)19(13)16-6-10-5-11(20)12(21)7-22-10/h1-6H,7H2,(H,18,23)/b16-6+. The lowest BCUT2D eigenvalue weighted by molar-refractivity contribution is -0.137. The Morgan fingerprint density at radius 2 is 2.09 bits per heavy atom. The highest BCUT2D eigenvalue weighted by molar-refractivity contribution is 7.71. The molecule has 1 aromatic heterocycles. The number of nitrogens with one attached hydrogen (secondary N) is 1. The number of aromatic amines is 1. The number of carbonyl (C=O) groups excluding carboxylic acids is 2. The van der Waals surface area contributed by atoms with Crippen molar-refractivity contribution in [2.45, 2.75) is 0 Å². The normalized spacial score (nSPS) is 14.9. The molecule has 1 aliphatic rings. The van der Waals surface area contributed by atoms with E-state index in [1.165, 1.54) is 10.9 Å². The Morgan fingerprint density at radius 3 is 2.78 bits per heavy atom. The van der Waals surface area contributed by atoms with Gasteiger partial charge in [-0.1, -0.05) is 11.6 Å². The molecule has 0 saturated heterocycles. The smallest absolute Gasteiger partial charge is 0.240 e. The summed E-state index contributed by atoms with van der Waals surface area (Å²) < 4.78 is 6.75. The molecule has 1 N–H and O–H groups in total. The van der Waals surface area contributed by atoms with Crippen molar-refractivity contribution >= 4 is 41.6 Å². The maximum absolute atomic E-state index is 11.3. The van der Waals surface area contributed by atoms with Crippen molar-refractivity contribution in [1.29, 1.82) is 0 Å². The first-order chi connectivity index (χ1) is 11.0. The van der Waals surface area contributed by atoms with Gasteiger partial charge in [-0.15, -0.1) is 0 Å². The molecular formula is C14H9ClN4O3S. The number of carbonyl (C=O) groups is 2. The number of aromatic nitrogens is 3. The molecule has 0 fully saturated rings. The highest BCUT2D eigenvalue weighted by atomic mass is 35.5. The number of ketones is 2. The second-order valence-electron chi connectivity index (χ2n) is 4.54. The predicted octanol–water partition coefficient (Wildman–Crippen LogP) is 2.15. The van der Waals surface area contributed by atoms with Gasteiger partial charge in [0.15, 0.2) is 12.4 Å². The number of ether oxygens (including phenoxy) is 1. The van der Waals surface area contributed by atoms with E-state index in [2.05, 4.69) is 15.3 Å². The lowest BCUT2D eigenvalue weighted by Gasteiger charge is -2.09. The summed E-state index contributed by atoms with van der Waals surface area (Å²) in [6, 6.07) is 7.00. The van der Waals surface area contributed by atoms with Crippen LogP contribution < -0.4 is 0 Å². The van der Waals surface area contributed by atoms with Crippen molar-refractivity contribution in [2.75, 3.05) is 6.61 Å². The van der Waals surface area contributed by atoms with Gasteiger partial charge in [0.2, 0.25) is 16.3 Å². The van der Waals surface area contributed by atoms with E-state index in [0.29, 0.717) is 10.8 Å². The highest BCUT2D eigenvalue weighted by Crippen LogP contribution is 2.19. The summed E-state index contributed by atoms with van der Waals surface area (Å²) in [6.45, 7) is -0.294. The Labute approximate surface area is 140 Å². The average Bonchev–Trinajstić information content (AvgIpc) is 2.90. The number of halogens is 1. The van der Waals surface area contributed by atoms with Crippen LogP contribution in [0, 0.1) is 4.77 Å². The number of nitrogens with zero attached hydrogens (tertiary/aromatic N) is 3. The lowest BCUT2D eigenvalue weighted by atomic mass is 10.2. The van der Waals surface area contributed by atoms with Crippen LogP contribution in [0.5, 0.6) is 0 Å². The van der Waals surface area contributed by atoms with Crippen molar-refractivity contribution in [3.63, 3.8) is 0 Å². The molecule has 116 valence electrons. The number of rotatable bonds is 3. The van der Waals surface area contributed by atoms with Crippen LogP contribution >= 0.6 is 23.8 Å². The van der Waals surface area contributed by atoms with Crippen LogP contribution in [0.4, 0.5) is 0 Å². The molecule has 7 nitrogen and oxygen atoms in total. The Balaban J connectivity index is 1.93. The number of hydrogen-bond donors (Lipinski definition) is 1. The molecule has 0 unspecified atom stereocenters. The van der Waals surface area contributed by atoms with Crippen molar-refractivity contribution < 1.29 is 14.3 Å². The summed E-state index contributed by atoms with van der Waals surface area (Å²) in [4.78, 5) is 22.4. The average molecular weight is 349 g/mol. The van der Waals surface area contributed by atoms with E-state index >= 15 is 0 Å². The third-order valence-electron chi connectivity index (χ3n) is 2.97. The fourth-order valence-electron chi connectivity index (χ4n) is 1.85. The summed E-state index contributed by atoms with van der Waals surface area (Å²) >= 11 is 11.0. The van der Waals surface area contributed by atoms with E-state index < -0.39 is 11.6 Å². The van der Waals surface area contributed by atoms with Gasteiger partial charge in [-0.3, -0.25) is 9.59 Å². The summed E-state index contributed by atoms with van der Waals surface area (Å²) in [5.74, 6) is -0.558. The van der Waals surface area contributed by atoms with Crippen LogP contribution in [0.2, 0.25) is 5.02 Å². The van der Waals surface area contributed by atoms with Crippen molar-refractivity contribution in [3.8, 4) is 11.4 Å². The molecule has 0 radical (unpaired) electrons. The zero-order chi connectivity index (χ0) is 16.4. The summed E-state index contributed by atoms with van der Waals surface area (Å²) in [6.07, 6.45) is 2.38. The van der Waals surface area contributed by atoms with E-state index in [0.717, 1.165) is 11.6 Å². The van der Waals surface area contributed by atoms with Crippen molar-refractivity contribution in [1.82, 2.24) is 14.9 Å². The molecule has 0 saturated carbocycles. The van der Waals surface area contributed by atoms with Gasteiger partial charge in [0.25, 0.3) is 0 Å². The molecule has 0 bridgehead atoms. The predicted molar refractivity (Wildman–Crippen MR) is 85.8 cm³/mol. The topological polar surface area (TPSA) is 89.3 Å². The fourth-order valence-corrected chi connectivity index (χ4v) is 2.15. The van der Waals surface area contributed by atoms with E-state index in [1.54, 1.807) is 24.3 Å². The Kier molecular flexibility index (Phi) is 4.18. The first kappa shape index (κ1) is 15.3. The third-order valence-corrected chi connectivity index (χ3v) is 3.49. The quantitative estimate of drug-likeness (QED) is 0.521. The fraction of sp³-hybridized carbons (Fsp3) is 0.0714. The van der Waals surface area contributed by atoms with Crippen LogP contribution in [0.25, 0.3) is 11.4 Å². The van der Waals surface area contributed by atoms with Gasteiger partial charge in [-0.25, -0.2) is 5.10 Å². The van der Waals surface area contributed by atoms with Gasteiger partial charge < -0.3 is 4.74 Å². The minimum atomic E-state index is -0.619. The Bertz CT molecular complexity index is 895. The molecule has 0 atom stereocenters. The number of Topliss-reactive ketones (excluding diaryl/α,β-unsaturated/α-hetero) is 1. The molecule has 23 heavy (non-hydrogen) atoms. The number of benzene rings is 1. The molecule has 2 aromatic rings. The molecule has 1 aliphatic heterocycles. The van der Waals surface area contributed by atoms with Gasteiger partial charge in [0.05, 0.1) is 6.21 Å². The van der Waals surface area contributed by atoms with Crippen LogP contribution in [0.15, 0.2) is 41.2 Å². The van der Waals surface area contributed by atoms with E-state index in [4.69, 9.17) is 28.6 Å². The van der Waals surface area contributed by atoms with E-state index in [1.807, 2.05) is 0 Å². The second-order valence-corrected chi connectivity index (χ2v) is 5.36. The summed E-state index contributed by atoms with van der Waals surface area (Å²) in [5.41, 5.74) is 0.753. The summed E-state index contributed by atoms with van der Waals surface area (Å²) in [7, 11) is 0. The molecule has 0 aliphatic carbocycles. The molecule has 0 amide bonds. The minimum Gasteiger partial charge on any atom is -0.483 e. The summed E-state index contributed by atoms with van der Waals surface area (Å²) in [5, 5.41) is 11.5. The van der Waals surface area contributed by atoms with Crippen LogP contribution in [0.1, 0.15) is 0 Å². The monoisotopic (exact) mass is 348 g/mol. The van der Waals surface area contributed by atoms with Crippen molar-refractivity contribution in [3.05, 3.63) is 45.9 Å². The third kappa shape index (κ3) is 3.27. The SMILES string of the molecule is O=C1C=C(/C=N/n2c(-c3ccc(Cl)cc3)n[nH]c2=S)OCC1=O. The first-order valence-electron chi connectivity index (χ1n) is 6.44. The Morgan fingerprint density at radius 1 is 1.35 bits per heavy atom.